The van der Waals surface area contributed by atoms with E-state index in [2.05, 4.69) is 55.0 Å². The van der Waals surface area contributed by atoms with Crippen molar-refractivity contribution in [2.45, 2.75) is 46.2 Å². The van der Waals surface area contributed by atoms with E-state index < -0.39 is 0 Å². The predicted octanol–water partition coefficient (Wildman–Crippen LogP) is 5.01. The molecule has 1 aliphatic rings. The minimum Gasteiger partial charge on any atom is -0.493 e. The van der Waals surface area contributed by atoms with E-state index in [9.17, 15) is 0 Å². The van der Waals surface area contributed by atoms with E-state index >= 15 is 0 Å². The number of benzene rings is 2. The average molecular weight is 436 g/mol. The highest BCUT2D eigenvalue weighted by Crippen LogP contribution is 2.43. The molecule has 6 heteroatoms. The van der Waals surface area contributed by atoms with E-state index in [1.54, 1.807) is 21.3 Å². The number of rotatable bonds is 7. The van der Waals surface area contributed by atoms with Gasteiger partial charge >= 0.3 is 0 Å². The van der Waals surface area contributed by atoms with E-state index in [0.717, 1.165) is 24.1 Å². The molecule has 0 bridgehead atoms. The molecule has 170 valence electrons. The maximum atomic E-state index is 5.67. The molecule has 0 fully saturated rings. The van der Waals surface area contributed by atoms with Crippen LogP contribution in [0.3, 0.4) is 0 Å². The SMILES string of the molecule is COc1ccc(CN[C@H]2CC(C)(C)Cc3c2cnn3-c2ccccc2C)c(OC)c1OC. The third-order valence-corrected chi connectivity index (χ3v) is 6.35. The Morgan fingerprint density at radius 1 is 1.03 bits per heavy atom. The van der Waals surface area contributed by atoms with Gasteiger partial charge in [-0.3, -0.25) is 0 Å². The van der Waals surface area contributed by atoms with Crippen LogP contribution in [0, 0.1) is 12.3 Å². The van der Waals surface area contributed by atoms with Gasteiger partial charge in [-0.25, -0.2) is 4.68 Å². The highest BCUT2D eigenvalue weighted by molar-refractivity contribution is 5.55. The van der Waals surface area contributed by atoms with Crippen molar-refractivity contribution in [2.75, 3.05) is 21.3 Å². The van der Waals surface area contributed by atoms with E-state index in [-0.39, 0.29) is 11.5 Å². The first kappa shape index (κ1) is 22.2. The molecule has 0 amide bonds. The van der Waals surface area contributed by atoms with Crippen molar-refractivity contribution < 1.29 is 14.2 Å². The van der Waals surface area contributed by atoms with Crippen LogP contribution in [0.25, 0.3) is 5.69 Å². The third kappa shape index (κ3) is 4.07. The van der Waals surface area contributed by atoms with Crippen molar-refractivity contribution in [2.24, 2.45) is 5.41 Å². The van der Waals surface area contributed by atoms with E-state index in [1.807, 2.05) is 18.3 Å². The lowest BCUT2D eigenvalue weighted by molar-refractivity contribution is 0.252. The molecule has 1 aliphatic carbocycles. The van der Waals surface area contributed by atoms with Crippen LogP contribution >= 0.6 is 0 Å². The van der Waals surface area contributed by atoms with E-state index in [4.69, 9.17) is 19.3 Å². The molecule has 3 aromatic rings. The summed E-state index contributed by atoms with van der Waals surface area (Å²) in [4.78, 5) is 0. The average Bonchev–Trinajstić information content (AvgIpc) is 3.19. The van der Waals surface area contributed by atoms with Gasteiger partial charge in [0, 0.05) is 29.4 Å². The third-order valence-electron chi connectivity index (χ3n) is 6.35. The van der Waals surface area contributed by atoms with E-state index in [1.165, 1.54) is 16.8 Å². The van der Waals surface area contributed by atoms with Crippen molar-refractivity contribution in [1.82, 2.24) is 15.1 Å². The van der Waals surface area contributed by atoms with Gasteiger partial charge in [-0.1, -0.05) is 38.1 Å². The Labute approximate surface area is 190 Å². The number of aryl methyl sites for hydroxylation is 1. The summed E-state index contributed by atoms with van der Waals surface area (Å²) >= 11 is 0. The second-order valence-electron chi connectivity index (χ2n) is 9.22. The Kier molecular flexibility index (Phi) is 6.15. The molecule has 0 spiro atoms. The number of ether oxygens (including phenoxy) is 3. The Morgan fingerprint density at radius 3 is 2.47 bits per heavy atom. The lowest BCUT2D eigenvalue weighted by Crippen LogP contribution is -2.33. The number of hydrogen-bond donors (Lipinski definition) is 1. The summed E-state index contributed by atoms with van der Waals surface area (Å²) in [5.74, 6) is 1.98. The number of methoxy groups -OCH3 is 3. The first-order valence-corrected chi connectivity index (χ1v) is 11.0. The van der Waals surface area contributed by atoms with Crippen molar-refractivity contribution in [1.29, 1.82) is 0 Å². The van der Waals surface area contributed by atoms with Crippen LogP contribution in [0.5, 0.6) is 17.2 Å². The zero-order chi connectivity index (χ0) is 22.9. The standard InChI is InChI=1S/C26H33N3O3/c1-17-9-7-8-10-21(17)29-22-14-26(2,3)13-20(19(22)16-28-29)27-15-18-11-12-23(30-4)25(32-6)24(18)31-5/h7-12,16,20,27H,13-15H2,1-6H3/t20-/m0/s1. The van der Waals surface area contributed by atoms with Crippen molar-refractivity contribution in [3.05, 3.63) is 65.0 Å². The second kappa shape index (κ2) is 8.87. The molecule has 4 rings (SSSR count). The fourth-order valence-corrected chi connectivity index (χ4v) is 4.77. The van der Waals surface area contributed by atoms with Crippen LogP contribution in [0.2, 0.25) is 0 Å². The molecule has 1 heterocycles. The summed E-state index contributed by atoms with van der Waals surface area (Å²) in [6.45, 7) is 7.45. The van der Waals surface area contributed by atoms with E-state index in [0.29, 0.717) is 23.8 Å². The van der Waals surface area contributed by atoms with Gasteiger partial charge in [-0.2, -0.15) is 5.10 Å². The summed E-state index contributed by atoms with van der Waals surface area (Å²) in [7, 11) is 4.93. The van der Waals surface area contributed by atoms with Gasteiger partial charge in [-0.05, 0) is 42.9 Å². The Balaban J connectivity index is 1.65. The van der Waals surface area contributed by atoms with Gasteiger partial charge in [-0.15, -0.1) is 0 Å². The van der Waals surface area contributed by atoms with Crippen LogP contribution in [0.15, 0.2) is 42.6 Å². The Hall–Kier alpha value is -2.99. The first-order chi connectivity index (χ1) is 15.4. The molecular weight excluding hydrogens is 402 g/mol. The van der Waals surface area contributed by atoms with Gasteiger partial charge in [0.25, 0.3) is 0 Å². The van der Waals surface area contributed by atoms with Crippen LogP contribution < -0.4 is 19.5 Å². The minimum absolute atomic E-state index is 0.160. The minimum atomic E-state index is 0.160. The summed E-state index contributed by atoms with van der Waals surface area (Å²) in [5.41, 5.74) is 6.11. The molecular formula is C26H33N3O3. The lowest BCUT2D eigenvalue weighted by atomic mass is 9.74. The lowest BCUT2D eigenvalue weighted by Gasteiger charge is -2.36. The Morgan fingerprint density at radius 2 is 1.78 bits per heavy atom. The highest BCUT2D eigenvalue weighted by Gasteiger charge is 2.35. The van der Waals surface area contributed by atoms with Gasteiger partial charge in [0.2, 0.25) is 5.75 Å². The molecule has 6 nitrogen and oxygen atoms in total. The van der Waals surface area contributed by atoms with Crippen LogP contribution in [-0.2, 0) is 13.0 Å². The molecule has 0 saturated carbocycles. The van der Waals surface area contributed by atoms with Crippen molar-refractivity contribution in [3.8, 4) is 22.9 Å². The maximum absolute atomic E-state index is 5.67. The Bertz CT molecular complexity index is 1100. The van der Waals surface area contributed by atoms with Crippen molar-refractivity contribution >= 4 is 0 Å². The molecule has 1 atom stereocenters. The molecule has 2 aromatic carbocycles. The predicted molar refractivity (Wildman–Crippen MR) is 126 cm³/mol. The second-order valence-corrected chi connectivity index (χ2v) is 9.22. The summed E-state index contributed by atoms with van der Waals surface area (Å²) < 4.78 is 18.8. The van der Waals surface area contributed by atoms with Gasteiger partial charge in [0.05, 0.1) is 33.2 Å². The number of para-hydroxylation sites is 1. The largest absolute Gasteiger partial charge is 0.493 e. The molecule has 0 saturated heterocycles. The highest BCUT2D eigenvalue weighted by atomic mass is 16.5. The molecule has 0 unspecified atom stereocenters. The van der Waals surface area contributed by atoms with Crippen LogP contribution in [0.4, 0.5) is 0 Å². The number of hydrogen-bond acceptors (Lipinski definition) is 5. The smallest absolute Gasteiger partial charge is 0.203 e. The summed E-state index contributed by atoms with van der Waals surface area (Å²) in [6.07, 6.45) is 4.06. The monoisotopic (exact) mass is 435 g/mol. The van der Waals surface area contributed by atoms with Crippen molar-refractivity contribution in [3.63, 3.8) is 0 Å². The maximum Gasteiger partial charge on any atom is 0.203 e. The van der Waals surface area contributed by atoms with Crippen LogP contribution in [0.1, 0.15) is 48.7 Å². The quantitative estimate of drug-likeness (QED) is 0.565. The zero-order valence-electron chi connectivity index (χ0n) is 19.9. The number of nitrogens with zero attached hydrogens (tertiary/aromatic N) is 2. The molecule has 0 radical (unpaired) electrons. The summed E-state index contributed by atoms with van der Waals surface area (Å²) in [5, 5.41) is 8.56. The fraction of sp³-hybridized carbons (Fsp3) is 0.423. The normalized spacial score (nSPS) is 17.0. The van der Waals surface area contributed by atoms with Crippen LogP contribution in [-0.4, -0.2) is 31.1 Å². The molecule has 32 heavy (non-hydrogen) atoms. The number of fused-ring (bicyclic) bond motifs is 1. The van der Waals surface area contributed by atoms with Gasteiger partial charge in [0.15, 0.2) is 11.5 Å². The van der Waals surface area contributed by atoms with Gasteiger partial charge < -0.3 is 19.5 Å². The van der Waals surface area contributed by atoms with Gasteiger partial charge in [0.1, 0.15) is 0 Å². The molecule has 1 aromatic heterocycles. The fourth-order valence-electron chi connectivity index (χ4n) is 4.77. The molecule has 1 N–H and O–H groups in total. The molecule has 0 aliphatic heterocycles. The first-order valence-electron chi connectivity index (χ1n) is 11.0. The zero-order valence-corrected chi connectivity index (χ0v) is 19.9. The number of aromatic nitrogens is 2. The number of nitrogens with one attached hydrogen (secondary N) is 1. The summed E-state index contributed by atoms with van der Waals surface area (Å²) in [6, 6.07) is 12.6. The topological polar surface area (TPSA) is 57.5 Å².